The second kappa shape index (κ2) is 6.91. The predicted molar refractivity (Wildman–Crippen MR) is 84.1 cm³/mol. The summed E-state index contributed by atoms with van der Waals surface area (Å²) in [5.74, 6) is -1.72. The molecule has 0 saturated carbocycles. The van der Waals surface area contributed by atoms with Crippen molar-refractivity contribution in [2.45, 2.75) is 6.10 Å². The first-order valence-electron chi connectivity index (χ1n) is 6.92. The van der Waals surface area contributed by atoms with Crippen molar-refractivity contribution in [2.75, 3.05) is 19.8 Å². The van der Waals surface area contributed by atoms with E-state index in [0.29, 0.717) is 5.56 Å². The van der Waals surface area contributed by atoms with Crippen molar-refractivity contribution in [3.05, 3.63) is 65.5 Å². The van der Waals surface area contributed by atoms with E-state index in [9.17, 15) is 14.0 Å². The third-order valence-corrected chi connectivity index (χ3v) is 3.23. The highest BCUT2D eigenvalue weighted by Gasteiger charge is 2.27. The lowest BCUT2D eigenvalue weighted by Gasteiger charge is -2.21. The van der Waals surface area contributed by atoms with E-state index >= 15 is 0 Å². The molecule has 120 valence electrons. The molecule has 5 nitrogen and oxygen atoms in total. The second-order valence-electron chi connectivity index (χ2n) is 5.16. The first kappa shape index (κ1) is 16.5. The molecule has 1 atom stereocenters. The third kappa shape index (κ3) is 3.85. The summed E-state index contributed by atoms with van der Waals surface area (Å²) >= 11 is 0. The maximum atomic E-state index is 13.1. The van der Waals surface area contributed by atoms with Crippen LogP contribution in [0.3, 0.4) is 0 Å². The van der Waals surface area contributed by atoms with E-state index in [-0.39, 0.29) is 17.2 Å². The van der Waals surface area contributed by atoms with Crippen LogP contribution in [0, 0.1) is 5.82 Å². The molecule has 2 N–H and O–H groups in total. The lowest BCUT2D eigenvalue weighted by atomic mass is 10.1. The van der Waals surface area contributed by atoms with Crippen LogP contribution in [-0.4, -0.2) is 30.9 Å². The number of halogens is 1. The summed E-state index contributed by atoms with van der Waals surface area (Å²) in [5.41, 5.74) is 6.15. The quantitative estimate of drug-likeness (QED) is 0.694. The molecular formula is C17H17FN2O3. The highest BCUT2D eigenvalue weighted by atomic mass is 19.1. The number of benzene rings is 2. The Morgan fingerprint density at radius 2 is 1.78 bits per heavy atom. The van der Waals surface area contributed by atoms with Gasteiger partial charge in [-0.25, -0.2) is 9.18 Å². The molecule has 0 heterocycles. The number of carbonyl (C=O) groups excluding carboxylic acids is 2. The van der Waals surface area contributed by atoms with E-state index in [4.69, 9.17) is 10.5 Å². The van der Waals surface area contributed by atoms with Crippen molar-refractivity contribution >= 4 is 17.6 Å². The van der Waals surface area contributed by atoms with Crippen LogP contribution in [0.25, 0.3) is 0 Å². The number of anilines is 1. The van der Waals surface area contributed by atoms with Crippen molar-refractivity contribution in [2.24, 2.45) is 0 Å². The van der Waals surface area contributed by atoms with Gasteiger partial charge in [0.25, 0.3) is 5.91 Å². The minimum atomic E-state index is -1.09. The van der Waals surface area contributed by atoms with Crippen LogP contribution in [0.2, 0.25) is 0 Å². The van der Waals surface area contributed by atoms with E-state index in [1.165, 1.54) is 11.0 Å². The molecule has 0 radical (unpaired) electrons. The van der Waals surface area contributed by atoms with Crippen LogP contribution >= 0.6 is 0 Å². The predicted octanol–water partition coefficient (Wildman–Crippen LogP) is 2.39. The molecule has 0 bridgehead atoms. The number of nitrogens with two attached hydrogens (primary N) is 1. The smallest absolute Gasteiger partial charge is 0.341 e. The summed E-state index contributed by atoms with van der Waals surface area (Å²) in [6.07, 6.45) is -1.09. The topological polar surface area (TPSA) is 72.6 Å². The first-order chi connectivity index (χ1) is 10.9. The number of rotatable bonds is 4. The number of hydrogen-bond acceptors (Lipinski definition) is 4. The Morgan fingerprint density at radius 1 is 1.13 bits per heavy atom. The van der Waals surface area contributed by atoms with Gasteiger partial charge in [-0.2, -0.15) is 0 Å². The van der Waals surface area contributed by atoms with Crippen LogP contribution in [0.4, 0.5) is 10.1 Å². The monoisotopic (exact) mass is 316 g/mol. The zero-order chi connectivity index (χ0) is 17.0. The minimum Gasteiger partial charge on any atom is -0.444 e. The van der Waals surface area contributed by atoms with Crippen molar-refractivity contribution in [1.82, 2.24) is 4.90 Å². The van der Waals surface area contributed by atoms with Gasteiger partial charge in [0, 0.05) is 25.3 Å². The van der Waals surface area contributed by atoms with Crippen LogP contribution in [0.15, 0.2) is 48.5 Å². The lowest BCUT2D eigenvalue weighted by Crippen LogP contribution is -2.31. The summed E-state index contributed by atoms with van der Waals surface area (Å²) in [4.78, 5) is 25.9. The molecule has 0 fully saturated rings. The van der Waals surface area contributed by atoms with Crippen LogP contribution in [0.1, 0.15) is 22.0 Å². The Balaban J connectivity index is 2.30. The Hall–Kier alpha value is -2.89. The molecule has 2 aromatic rings. The Morgan fingerprint density at radius 3 is 2.35 bits per heavy atom. The molecule has 0 aromatic heterocycles. The van der Waals surface area contributed by atoms with Gasteiger partial charge >= 0.3 is 5.97 Å². The lowest BCUT2D eigenvalue weighted by molar-refractivity contribution is -0.138. The fourth-order valence-electron chi connectivity index (χ4n) is 2.01. The molecule has 23 heavy (non-hydrogen) atoms. The van der Waals surface area contributed by atoms with E-state index < -0.39 is 17.9 Å². The fourth-order valence-corrected chi connectivity index (χ4v) is 2.01. The summed E-state index contributed by atoms with van der Waals surface area (Å²) in [5, 5.41) is 0. The highest BCUT2D eigenvalue weighted by molar-refractivity contribution is 5.97. The SMILES string of the molecule is CN(C)C(=O)[C@@H](OC(=O)c1ccc(F)cc1N)c1ccccc1. The van der Waals surface area contributed by atoms with Gasteiger partial charge in [0.1, 0.15) is 5.82 Å². The van der Waals surface area contributed by atoms with Crippen LogP contribution in [-0.2, 0) is 9.53 Å². The molecule has 1 amide bonds. The zero-order valence-electron chi connectivity index (χ0n) is 12.8. The number of hydrogen-bond donors (Lipinski definition) is 1. The molecule has 6 heteroatoms. The van der Waals surface area contributed by atoms with Gasteiger partial charge in [-0.15, -0.1) is 0 Å². The second-order valence-corrected chi connectivity index (χ2v) is 5.16. The summed E-state index contributed by atoms with van der Waals surface area (Å²) in [7, 11) is 3.14. The molecule has 0 spiro atoms. The number of esters is 1. The third-order valence-electron chi connectivity index (χ3n) is 3.23. The number of nitrogen functional groups attached to an aromatic ring is 1. The average molecular weight is 316 g/mol. The highest BCUT2D eigenvalue weighted by Crippen LogP contribution is 2.23. The maximum Gasteiger partial charge on any atom is 0.341 e. The fraction of sp³-hybridized carbons (Fsp3) is 0.176. The van der Waals surface area contributed by atoms with Gasteiger partial charge in [0.2, 0.25) is 6.10 Å². The van der Waals surface area contributed by atoms with Gasteiger partial charge in [0.05, 0.1) is 5.56 Å². The Labute approximate surface area is 133 Å². The average Bonchev–Trinajstić information content (AvgIpc) is 2.52. The van der Waals surface area contributed by atoms with Crippen molar-refractivity contribution in [3.63, 3.8) is 0 Å². The summed E-state index contributed by atoms with van der Waals surface area (Å²) in [6.45, 7) is 0. The molecule has 0 aliphatic rings. The van der Waals surface area contributed by atoms with Gasteiger partial charge in [-0.1, -0.05) is 30.3 Å². The van der Waals surface area contributed by atoms with Gasteiger partial charge in [-0.05, 0) is 18.2 Å². The van der Waals surface area contributed by atoms with E-state index in [0.717, 1.165) is 12.1 Å². The molecule has 2 aromatic carbocycles. The number of nitrogens with zero attached hydrogens (tertiary/aromatic N) is 1. The van der Waals surface area contributed by atoms with E-state index in [1.807, 2.05) is 0 Å². The van der Waals surface area contributed by atoms with Crippen molar-refractivity contribution in [1.29, 1.82) is 0 Å². The van der Waals surface area contributed by atoms with Crippen LogP contribution in [0.5, 0.6) is 0 Å². The van der Waals surface area contributed by atoms with Crippen LogP contribution < -0.4 is 5.73 Å². The molecule has 0 unspecified atom stereocenters. The molecule has 2 rings (SSSR count). The van der Waals surface area contributed by atoms with Gasteiger partial charge in [-0.3, -0.25) is 4.79 Å². The largest absolute Gasteiger partial charge is 0.444 e. The maximum absolute atomic E-state index is 13.1. The molecule has 0 aliphatic carbocycles. The normalized spacial score (nSPS) is 11.6. The molecule has 0 aliphatic heterocycles. The number of amides is 1. The van der Waals surface area contributed by atoms with Crippen molar-refractivity contribution < 1.29 is 18.7 Å². The number of carbonyl (C=O) groups is 2. The standard InChI is InChI=1S/C17H17FN2O3/c1-20(2)16(21)15(11-6-4-3-5-7-11)23-17(22)13-9-8-12(18)10-14(13)19/h3-10,15H,19H2,1-2H3/t15-/m0/s1. The molecule has 0 saturated heterocycles. The Bertz CT molecular complexity index is 717. The van der Waals surface area contributed by atoms with E-state index in [2.05, 4.69) is 0 Å². The minimum absolute atomic E-state index is 0.0129. The van der Waals surface area contributed by atoms with Gasteiger partial charge in [0.15, 0.2) is 0 Å². The Kier molecular flexibility index (Phi) is 4.95. The van der Waals surface area contributed by atoms with E-state index in [1.54, 1.807) is 44.4 Å². The van der Waals surface area contributed by atoms with Gasteiger partial charge < -0.3 is 15.4 Å². The zero-order valence-corrected chi connectivity index (χ0v) is 12.8. The van der Waals surface area contributed by atoms with Crippen molar-refractivity contribution in [3.8, 4) is 0 Å². The summed E-state index contributed by atoms with van der Waals surface area (Å²) in [6, 6.07) is 12.0. The number of likely N-dealkylation sites (N-methyl/N-ethyl adjacent to an activating group) is 1. The number of ether oxygens (including phenoxy) is 1. The summed E-state index contributed by atoms with van der Waals surface area (Å²) < 4.78 is 18.4. The molecular weight excluding hydrogens is 299 g/mol. The first-order valence-corrected chi connectivity index (χ1v) is 6.92.